The normalized spacial score (nSPS) is 16.0. The van der Waals surface area contributed by atoms with E-state index in [1.54, 1.807) is 25.8 Å². The van der Waals surface area contributed by atoms with E-state index in [1.165, 1.54) is 7.11 Å². The molecule has 1 aromatic rings. The van der Waals surface area contributed by atoms with Crippen LogP contribution in [0, 0.1) is 0 Å². The number of hydrogen-bond acceptors (Lipinski definition) is 7. The Hall–Kier alpha value is -2.16. The third-order valence-electron chi connectivity index (χ3n) is 4.26. The molecule has 166 valence electrons. The summed E-state index contributed by atoms with van der Waals surface area (Å²) in [5, 5.41) is 4.78. The predicted octanol–water partition coefficient (Wildman–Crippen LogP) is 3.92. The Kier molecular flexibility index (Phi) is 10.8. The highest BCUT2D eigenvalue weighted by atomic mass is 79.9. The summed E-state index contributed by atoms with van der Waals surface area (Å²) < 4.78 is 11.0. The van der Waals surface area contributed by atoms with E-state index in [1.807, 2.05) is 45.3 Å². The number of nitrogens with one attached hydrogen (secondary N) is 1. The zero-order chi connectivity index (χ0) is 22.8. The number of hydroxylamine groups is 2. The van der Waals surface area contributed by atoms with Gasteiger partial charge in [-0.25, -0.2) is 9.59 Å². The Morgan fingerprint density at radius 3 is 2.03 bits per heavy atom. The van der Waals surface area contributed by atoms with Crippen LogP contribution in [-0.2, 0) is 23.9 Å². The average molecular weight is 483 g/mol. The van der Waals surface area contributed by atoms with Gasteiger partial charge in [0, 0.05) is 30.0 Å². The molecule has 1 heterocycles. The number of halogens is 1. The van der Waals surface area contributed by atoms with Crippen LogP contribution in [0.25, 0.3) is 0 Å². The van der Waals surface area contributed by atoms with Crippen molar-refractivity contribution in [2.24, 2.45) is 0 Å². The van der Waals surface area contributed by atoms with Crippen molar-refractivity contribution in [3.8, 4) is 0 Å². The van der Waals surface area contributed by atoms with Crippen LogP contribution in [0.5, 0.6) is 0 Å². The molecule has 2 rings (SSSR count). The molecule has 1 unspecified atom stereocenters. The second-order valence-electron chi connectivity index (χ2n) is 6.60. The fourth-order valence-corrected chi connectivity index (χ4v) is 3.65. The molecule has 7 nitrogen and oxygen atoms in total. The van der Waals surface area contributed by atoms with Gasteiger partial charge < -0.3 is 14.8 Å². The summed E-state index contributed by atoms with van der Waals surface area (Å²) >= 11 is 3.52. The molecule has 0 fully saturated rings. The van der Waals surface area contributed by atoms with Crippen LogP contribution in [0.4, 0.5) is 0 Å². The van der Waals surface area contributed by atoms with E-state index in [-0.39, 0.29) is 6.61 Å². The van der Waals surface area contributed by atoms with Gasteiger partial charge in [-0.2, -0.15) is 5.06 Å². The van der Waals surface area contributed by atoms with Gasteiger partial charge in [0.2, 0.25) is 0 Å². The Bertz CT molecular complexity index is 818. The van der Waals surface area contributed by atoms with Crippen LogP contribution in [-0.4, -0.2) is 51.4 Å². The third-order valence-corrected chi connectivity index (χ3v) is 4.99. The highest BCUT2D eigenvalue weighted by Crippen LogP contribution is 2.41. The molecule has 0 spiro atoms. The van der Waals surface area contributed by atoms with Gasteiger partial charge in [0.1, 0.15) is 0 Å². The minimum Gasteiger partial charge on any atom is -0.466 e. The Labute approximate surface area is 187 Å². The molecule has 0 amide bonds. The maximum Gasteiger partial charge on any atom is 0.336 e. The first-order chi connectivity index (χ1) is 14.2. The molecule has 1 aliphatic rings. The molecule has 1 N–H and O–H groups in total. The summed E-state index contributed by atoms with van der Waals surface area (Å²) in [6.45, 7) is 8.32. The smallest absolute Gasteiger partial charge is 0.336 e. The number of methoxy groups -OCH3 is 1. The van der Waals surface area contributed by atoms with Gasteiger partial charge in [-0.15, -0.1) is 0 Å². The maximum absolute atomic E-state index is 12.6. The van der Waals surface area contributed by atoms with E-state index < -0.39 is 17.9 Å². The number of carbonyl (C=O) groups is 2. The number of allylic oxidation sites excluding steroid dienone is 2. The lowest BCUT2D eigenvalue weighted by Gasteiger charge is -2.30. The number of esters is 2. The number of ether oxygens (including phenoxy) is 2. The van der Waals surface area contributed by atoms with E-state index in [9.17, 15) is 9.59 Å². The second kappa shape index (κ2) is 12.5. The van der Waals surface area contributed by atoms with E-state index >= 15 is 0 Å². The van der Waals surface area contributed by atoms with Crippen molar-refractivity contribution in [2.75, 3.05) is 34.4 Å². The fourth-order valence-electron chi connectivity index (χ4n) is 3.13. The number of dihydropyridines is 1. The van der Waals surface area contributed by atoms with Crippen molar-refractivity contribution < 1.29 is 23.9 Å². The molecule has 1 aromatic carbocycles. The molecule has 0 saturated carbocycles. The quantitative estimate of drug-likeness (QED) is 0.486. The second-order valence-corrected chi connectivity index (χ2v) is 7.45. The van der Waals surface area contributed by atoms with Crippen molar-refractivity contribution in [2.45, 2.75) is 33.6 Å². The van der Waals surface area contributed by atoms with Crippen molar-refractivity contribution in [3.63, 3.8) is 0 Å². The zero-order valence-electron chi connectivity index (χ0n) is 18.7. The van der Waals surface area contributed by atoms with E-state index in [4.69, 9.17) is 14.3 Å². The monoisotopic (exact) mass is 482 g/mol. The molecule has 0 radical (unpaired) electrons. The molecule has 1 aliphatic heterocycles. The highest BCUT2D eigenvalue weighted by molar-refractivity contribution is 9.10. The van der Waals surface area contributed by atoms with Crippen molar-refractivity contribution in [1.29, 1.82) is 0 Å². The molecule has 8 heteroatoms. The summed E-state index contributed by atoms with van der Waals surface area (Å²) in [5.41, 5.74) is 2.95. The molecule has 30 heavy (non-hydrogen) atoms. The topological polar surface area (TPSA) is 77.1 Å². The molecule has 1 atom stereocenters. The lowest BCUT2D eigenvalue weighted by molar-refractivity contribution is -0.139. The Morgan fingerprint density at radius 1 is 1.03 bits per heavy atom. The Morgan fingerprint density at radius 2 is 1.60 bits per heavy atom. The minimum absolute atomic E-state index is 0.258. The van der Waals surface area contributed by atoms with Gasteiger partial charge in [-0.05, 0) is 39.3 Å². The first kappa shape index (κ1) is 25.9. The predicted molar refractivity (Wildman–Crippen MR) is 119 cm³/mol. The summed E-state index contributed by atoms with van der Waals surface area (Å²) in [5.74, 6) is -1.49. The first-order valence-electron chi connectivity index (χ1n) is 9.68. The maximum atomic E-state index is 12.6. The number of carbonyl (C=O) groups excluding carboxylic acids is 2. The Balaban J connectivity index is 0.000000656. The summed E-state index contributed by atoms with van der Waals surface area (Å²) in [6.07, 6.45) is 0. The van der Waals surface area contributed by atoms with Crippen LogP contribution in [0.3, 0.4) is 0 Å². The van der Waals surface area contributed by atoms with Gasteiger partial charge in [-0.3, -0.25) is 4.84 Å². The molecule has 0 aliphatic carbocycles. The van der Waals surface area contributed by atoms with Crippen LogP contribution >= 0.6 is 15.9 Å². The molecule has 0 saturated heterocycles. The van der Waals surface area contributed by atoms with Crippen LogP contribution < -0.4 is 5.32 Å². The number of hydrogen-bond donors (Lipinski definition) is 1. The lowest BCUT2D eigenvalue weighted by Crippen LogP contribution is -2.32. The van der Waals surface area contributed by atoms with Crippen molar-refractivity contribution >= 4 is 27.9 Å². The SMILES string of the molecule is CCOC(=O)C1=C(C)NC(C)=C(C(=O)OC)C1c1ccccc1Br.CCON(C)C. The summed E-state index contributed by atoms with van der Waals surface area (Å²) in [4.78, 5) is 29.8. The third kappa shape index (κ3) is 6.68. The highest BCUT2D eigenvalue weighted by Gasteiger charge is 2.38. The summed E-state index contributed by atoms with van der Waals surface area (Å²) in [6, 6.07) is 7.50. The number of rotatable bonds is 6. The van der Waals surface area contributed by atoms with Crippen LogP contribution in [0.15, 0.2) is 51.3 Å². The minimum atomic E-state index is -0.562. The van der Waals surface area contributed by atoms with Gasteiger partial charge in [-0.1, -0.05) is 34.1 Å². The summed E-state index contributed by atoms with van der Waals surface area (Å²) in [7, 11) is 5.06. The molecule has 0 aromatic heterocycles. The number of benzene rings is 1. The fraction of sp³-hybridized carbons (Fsp3) is 0.455. The molecular weight excluding hydrogens is 452 g/mol. The van der Waals surface area contributed by atoms with Crippen molar-refractivity contribution in [3.05, 3.63) is 56.8 Å². The van der Waals surface area contributed by atoms with E-state index in [2.05, 4.69) is 21.2 Å². The van der Waals surface area contributed by atoms with Gasteiger partial charge in [0.15, 0.2) is 0 Å². The van der Waals surface area contributed by atoms with Gasteiger partial charge in [0.25, 0.3) is 0 Å². The largest absolute Gasteiger partial charge is 0.466 e. The zero-order valence-corrected chi connectivity index (χ0v) is 20.3. The molecule has 0 bridgehead atoms. The van der Waals surface area contributed by atoms with Crippen LogP contribution in [0.2, 0.25) is 0 Å². The molecular formula is C22H31BrN2O5. The lowest BCUT2D eigenvalue weighted by atomic mass is 9.80. The van der Waals surface area contributed by atoms with Crippen LogP contribution in [0.1, 0.15) is 39.2 Å². The average Bonchev–Trinajstić information content (AvgIpc) is 2.67. The van der Waals surface area contributed by atoms with Crippen molar-refractivity contribution in [1.82, 2.24) is 10.4 Å². The van der Waals surface area contributed by atoms with Gasteiger partial charge in [0.05, 0.1) is 37.4 Å². The van der Waals surface area contributed by atoms with Gasteiger partial charge >= 0.3 is 11.9 Å². The standard InChI is InChI=1S/C18H20BrNO4.C4H11NO/c1-5-24-18(22)15-11(3)20-10(2)14(17(21)23-4)16(15)12-8-6-7-9-13(12)19;1-4-6-5(2)3/h6-9,16,20H,5H2,1-4H3;4H2,1-3H3. The number of nitrogens with zero attached hydrogens (tertiary/aromatic N) is 1. The first-order valence-corrected chi connectivity index (χ1v) is 10.5. The van der Waals surface area contributed by atoms with E-state index in [0.29, 0.717) is 22.5 Å². The van der Waals surface area contributed by atoms with E-state index in [0.717, 1.165) is 16.6 Å².